The van der Waals surface area contributed by atoms with Gasteiger partial charge in [-0.15, -0.1) is 0 Å². The Morgan fingerprint density at radius 2 is 1.88 bits per heavy atom. The van der Waals surface area contributed by atoms with Gasteiger partial charge in [0, 0.05) is 11.9 Å². The van der Waals surface area contributed by atoms with Crippen LogP contribution < -0.4 is 10.7 Å². The fourth-order valence-corrected chi connectivity index (χ4v) is 1.75. The van der Waals surface area contributed by atoms with Crippen LogP contribution in [0.3, 0.4) is 0 Å². The minimum Gasteiger partial charge on any atom is -0.462 e. The largest absolute Gasteiger partial charge is 0.462 e. The van der Waals surface area contributed by atoms with E-state index in [9.17, 15) is 14.4 Å². The maximum atomic E-state index is 11.8. The van der Waals surface area contributed by atoms with Gasteiger partial charge >= 0.3 is 17.8 Å². The normalized spacial score (nSPS) is 10.3. The molecule has 0 aliphatic rings. The van der Waals surface area contributed by atoms with Crippen molar-refractivity contribution in [2.75, 3.05) is 11.9 Å². The number of pyridine rings is 1. The maximum absolute atomic E-state index is 11.8. The summed E-state index contributed by atoms with van der Waals surface area (Å²) in [4.78, 5) is 39.0. The Kier molecular flexibility index (Phi) is 6.35. The Morgan fingerprint density at radius 3 is 2.52 bits per heavy atom. The topological polar surface area (TPSA) is 110 Å². The highest BCUT2D eigenvalue weighted by atomic mass is 16.5. The Labute approximate surface area is 143 Å². The molecule has 0 aliphatic carbocycles. The van der Waals surface area contributed by atoms with E-state index in [1.165, 1.54) is 30.5 Å². The van der Waals surface area contributed by atoms with Crippen LogP contribution in [-0.2, 0) is 14.3 Å². The van der Waals surface area contributed by atoms with Gasteiger partial charge in [0.1, 0.15) is 0 Å². The molecule has 0 spiro atoms. The lowest BCUT2D eigenvalue weighted by Crippen LogP contribution is -2.32. The molecule has 0 saturated heterocycles. The van der Waals surface area contributed by atoms with Crippen LogP contribution in [0.25, 0.3) is 0 Å². The van der Waals surface area contributed by atoms with E-state index in [0.717, 1.165) is 0 Å². The number of anilines is 1. The third-order valence-electron chi connectivity index (χ3n) is 2.91. The van der Waals surface area contributed by atoms with Crippen molar-refractivity contribution in [3.63, 3.8) is 0 Å². The van der Waals surface area contributed by atoms with Crippen molar-refractivity contribution < 1.29 is 19.1 Å². The minimum atomic E-state index is -0.929. The number of benzene rings is 1. The molecule has 2 amide bonds. The number of esters is 1. The van der Waals surface area contributed by atoms with Gasteiger partial charge < -0.3 is 10.1 Å². The molecule has 2 aromatic rings. The maximum Gasteiger partial charge on any atom is 0.338 e. The average Bonchev–Trinajstić information content (AvgIpc) is 2.63. The monoisotopic (exact) mass is 340 g/mol. The van der Waals surface area contributed by atoms with Crippen molar-refractivity contribution in [2.24, 2.45) is 5.10 Å². The van der Waals surface area contributed by atoms with Crippen LogP contribution in [0.2, 0.25) is 0 Å². The highest BCUT2D eigenvalue weighted by Crippen LogP contribution is 2.10. The van der Waals surface area contributed by atoms with Crippen LogP contribution >= 0.6 is 0 Å². The number of rotatable bonds is 5. The first-order valence-electron chi connectivity index (χ1n) is 7.42. The first-order chi connectivity index (χ1) is 12.1. The molecule has 0 fully saturated rings. The van der Waals surface area contributed by atoms with Crippen LogP contribution in [0.4, 0.5) is 5.69 Å². The molecule has 2 N–H and O–H groups in total. The summed E-state index contributed by atoms with van der Waals surface area (Å²) in [5.74, 6) is -2.27. The van der Waals surface area contributed by atoms with Gasteiger partial charge in [0.05, 0.1) is 24.1 Å². The third kappa shape index (κ3) is 5.54. The first-order valence-corrected chi connectivity index (χ1v) is 7.42. The summed E-state index contributed by atoms with van der Waals surface area (Å²) in [7, 11) is 0. The number of carbonyl (C=O) groups is 3. The van der Waals surface area contributed by atoms with Crippen LogP contribution in [0.5, 0.6) is 0 Å². The van der Waals surface area contributed by atoms with Crippen molar-refractivity contribution >= 4 is 29.7 Å². The zero-order valence-corrected chi connectivity index (χ0v) is 13.4. The van der Waals surface area contributed by atoms with Crippen molar-refractivity contribution in [3.8, 4) is 0 Å². The second kappa shape index (κ2) is 8.92. The lowest BCUT2D eigenvalue weighted by Gasteiger charge is -2.05. The van der Waals surface area contributed by atoms with E-state index in [1.807, 2.05) is 0 Å². The first kappa shape index (κ1) is 17.8. The number of hydrazone groups is 1. The van der Waals surface area contributed by atoms with Crippen molar-refractivity contribution in [3.05, 3.63) is 59.9 Å². The molecule has 1 aromatic carbocycles. The van der Waals surface area contributed by atoms with Crippen LogP contribution in [0.1, 0.15) is 23.0 Å². The Morgan fingerprint density at radius 1 is 1.12 bits per heavy atom. The molecule has 0 saturated carbocycles. The lowest BCUT2D eigenvalue weighted by atomic mass is 10.2. The molecule has 8 heteroatoms. The van der Waals surface area contributed by atoms with Crippen molar-refractivity contribution in [1.29, 1.82) is 0 Å². The number of aromatic nitrogens is 1. The Hall–Kier alpha value is -3.55. The summed E-state index contributed by atoms with van der Waals surface area (Å²) in [5.41, 5.74) is 3.36. The molecule has 0 aliphatic heterocycles. The number of ether oxygens (including phenoxy) is 1. The minimum absolute atomic E-state index is 0.274. The molecular weight excluding hydrogens is 324 g/mol. The van der Waals surface area contributed by atoms with E-state index >= 15 is 0 Å². The summed E-state index contributed by atoms with van der Waals surface area (Å²) < 4.78 is 4.86. The molecule has 25 heavy (non-hydrogen) atoms. The van der Waals surface area contributed by atoms with Crippen LogP contribution in [0, 0.1) is 0 Å². The molecule has 0 bridgehead atoms. The van der Waals surface area contributed by atoms with E-state index in [4.69, 9.17) is 4.74 Å². The summed E-state index contributed by atoms with van der Waals surface area (Å²) in [5, 5.41) is 6.05. The van der Waals surface area contributed by atoms with Gasteiger partial charge in [0.25, 0.3) is 0 Å². The number of hydrogen-bond donors (Lipinski definition) is 2. The number of hydrogen-bond acceptors (Lipinski definition) is 6. The highest BCUT2D eigenvalue weighted by Gasteiger charge is 2.13. The van der Waals surface area contributed by atoms with Gasteiger partial charge in [0.2, 0.25) is 0 Å². The summed E-state index contributed by atoms with van der Waals surface area (Å²) in [6.07, 6.45) is 2.90. The standard InChI is InChI=1S/C17H16N4O4/c1-2-25-17(24)12-6-8-13(9-7-12)20-15(22)16(23)21-19-11-14-5-3-4-10-18-14/h3-11H,2H2,1H3,(H,20,22)(H,21,23)/b19-11-. The fourth-order valence-electron chi connectivity index (χ4n) is 1.75. The average molecular weight is 340 g/mol. The predicted octanol–water partition coefficient (Wildman–Crippen LogP) is 1.35. The predicted molar refractivity (Wildman–Crippen MR) is 91.0 cm³/mol. The molecular formula is C17H16N4O4. The van der Waals surface area contributed by atoms with E-state index in [2.05, 4.69) is 20.8 Å². The second-order valence-corrected chi connectivity index (χ2v) is 4.71. The van der Waals surface area contributed by atoms with Gasteiger partial charge in [-0.25, -0.2) is 10.2 Å². The highest BCUT2D eigenvalue weighted by molar-refractivity contribution is 6.39. The van der Waals surface area contributed by atoms with Crippen molar-refractivity contribution in [2.45, 2.75) is 6.92 Å². The number of nitrogens with one attached hydrogen (secondary N) is 2. The molecule has 128 valence electrons. The summed E-state index contributed by atoms with van der Waals surface area (Å²) in [6.45, 7) is 1.98. The third-order valence-corrected chi connectivity index (χ3v) is 2.91. The zero-order valence-electron chi connectivity index (χ0n) is 13.4. The lowest BCUT2D eigenvalue weighted by molar-refractivity contribution is -0.136. The summed E-state index contributed by atoms with van der Waals surface area (Å²) >= 11 is 0. The van der Waals surface area contributed by atoms with Gasteiger partial charge in [-0.3, -0.25) is 14.6 Å². The van der Waals surface area contributed by atoms with Gasteiger partial charge in [-0.05, 0) is 43.3 Å². The zero-order chi connectivity index (χ0) is 18.1. The molecule has 0 unspecified atom stereocenters. The Balaban J connectivity index is 1.87. The van der Waals surface area contributed by atoms with E-state index in [1.54, 1.807) is 31.3 Å². The molecule has 2 rings (SSSR count). The smallest absolute Gasteiger partial charge is 0.338 e. The van der Waals surface area contributed by atoms with Crippen LogP contribution in [0.15, 0.2) is 53.8 Å². The van der Waals surface area contributed by atoms with Gasteiger partial charge in [-0.1, -0.05) is 6.07 Å². The number of nitrogens with zero attached hydrogens (tertiary/aromatic N) is 2. The SMILES string of the molecule is CCOC(=O)c1ccc(NC(=O)C(=O)N/N=C\c2ccccn2)cc1. The Bertz CT molecular complexity index is 773. The van der Waals surface area contributed by atoms with E-state index in [-0.39, 0.29) is 6.61 Å². The molecule has 0 atom stereocenters. The van der Waals surface area contributed by atoms with Crippen molar-refractivity contribution in [1.82, 2.24) is 10.4 Å². The molecule has 0 radical (unpaired) electrons. The van der Waals surface area contributed by atoms with Gasteiger partial charge in [0.15, 0.2) is 0 Å². The number of carbonyl (C=O) groups excluding carboxylic acids is 3. The fraction of sp³-hybridized carbons (Fsp3) is 0.118. The van der Waals surface area contributed by atoms with Gasteiger partial charge in [-0.2, -0.15) is 5.10 Å². The second-order valence-electron chi connectivity index (χ2n) is 4.71. The molecule has 1 heterocycles. The quantitative estimate of drug-likeness (QED) is 0.369. The number of amides is 2. The van der Waals surface area contributed by atoms with E-state index < -0.39 is 17.8 Å². The molecule has 1 aromatic heterocycles. The van der Waals surface area contributed by atoms with Crippen LogP contribution in [-0.4, -0.2) is 35.6 Å². The van der Waals surface area contributed by atoms with E-state index in [0.29, 0.717) is 16.9 Å². The summed E-state index contributed by atoms with van der Waals surface area (Å²) in [6, 6.07) is 11.2. The molecule has 8 nitrogen and oxygen atoms in total.